The number of rotatable bonds is 22. The Morgan fingerprint density at radius 2 is 1.03 bits per heavy atom. The van der Waals surface area contributed by atoms with Gasteiger partial charge < -0.3 is 5.11 Å². The van der Waals surface area contributed by atoms with Crippen molar-refractivity contribution in [3.63, 3.8) is 0 Å². The SMILES string of the molecule is CCCCC(CC)CC(CCC)C(CC(CC)CCCC)(CC(CC)CCCC)C(=O)O. The molecule has 0 saturated heterocycles. The minimum Gasteiger partial charge on any atom is -0.481 e. The Balaban J connectivity index is 6.14. The summed E-state index contributed by atoms with van der Waals surface area (Å²) in [6, 6.07) is 0. The minimum absolute atomic E-state index is 0.318. The van der Waals surface area contributed by atoms with Crippen LogP contribution in [0.3, 0.4) is 0 Å². The van der Waals surface area contributed by atoms with E-state index in [1.807, 2.05) is 0 Å². The highest BCUT2D eigenvalue weighted by atomic mass is 16.4. The third-order valence-electron chi connectivity index (χ3n) is 8.40. The molecule has 4 unspecified atom stereocenters. The highest BCUT2D eigenvalue weighted by Crippen LogP contribution is 2.49. The number of carboxylic acid groups (broad SMARTS) is 1. The zero-order chi connectivity index (χ0) is 24.4. The van der Waals surface area contributed by atoms with Crippen LogP contribution >= 0.6 is 0 Å². The maximum Gasteiger partial charge on any atom is 0.309 e. The van der Waals surface area contributed by atoms with E-state index in [2.05, 4.69) is 48.5 Å². The maximum atomic E-state index is 13.3. The second-order valence-electron chi connectivity index (χ2n) is 10.8. The van der Waals surface area contributed by atoms with Crippen LogP contribution in [-0.4, -0.2) is 11.1 Å². The summed E-state index contributed by atoms with van der Waals surface area (Å²) in [5.74, 6) is 1.61. The van der Waals surface area contributed by atoms with Gasteiger partial charge in [0.1, 0.15) is 0 Å². The Morgan fingerprint density at radius 3 is 1.34 bits per heavy atom. The summed E-state index contributed by atoms with van der Waals surface area (Å²) in [5, 5.41) is 10.9. The molecule has 0 fully saturated rings. The summed E-state index contributed by atoms with van der Waals surface area (Å²) in [6.45, 7) is 15.9. The van der Waals surface area contributed by atoms with Crippen LogP contribution < -0.4 is 0 Å². The number of unbranched alkanes of at least 4 members (excludes halogenated alkanes) is 3. The van der Waals surface area contributed by atoms with Gasteiger partial charge in [0.2, 0.25) is 0 Å². The Morgan fingerprint density at radius 1 is 0.625 bits per heavy atom. The van der Waals surface area contributed by atoms with Gasteiger partial charge in [0.05, 0.1) is 5.41 Å². The highest BCUT2D eigenvalue weighted by molar-refractivity contribution is 5.75. The zero-order valence-electron chi connectivity index (χ0n) is 23.2. The van der Waals surface area contributed by atoms with Crippen molar-refractivity contribution in [2.75, 3.05) is 0 Å². The monoisotopic (exact) mass is 452 g/mol. The third-order valence-corrected chi connectivity index (χ3v) is 8.40. The fourth-order valence-electron chi connectivity index (χ4n) is 6.03. The predicted molar refractivity (Wildman–Crippen MR) is 142 cm³/mol. The van der Waals surface area contributed by atoms with E-state index >= 15 is 0 Å². The van der Waals surface area contributed by atoms with Gasteiger partial charge in [-0.15, -0.1) is 0 Å². The molecule has 0 aliphatic rings. The Labute approximate surface area is 202 Å². The molecule has 2 nitrogen and oxygen atoms in total. The molecule has 32 heavy (non-hydrogen) atoms. The van der Waals surface area contributed by atoms with E-state index in [-0.39, 0.29) is 0 Å². The van der Waals surface area contributed by atoms with Crippen molar-refractivity contribution < 1.29 is 9.90 Å². The van der Waals surface area contributed by atoms with Gasteiger partial charge in [-0.3, -0.25) is 4.79 Å². The van der Waals surface area contributed by atoms with Crippen molar-refractivity contribution in [3.8, 4) is 0 Å². The molecule has 0 aromatic heterocycles. The first-order valence-electron chi connectivity index (χ1n) is 14.6. The van der Waals surface area contributed by atoms with E-state index in [1.165, 1.54) is 64.2 Å². The standard InChI is InChI=1S/C30H60O2/c1-8-15-19-25(12-5)22-28(18-11-4)30(29(31)32,23-26(13-6)20-16-9-2)24-27(14-7)21-17-10-3/h25-28H,8-24H2,1-7H3,(H,31,32). The summed E-state index contributed by atoms with van der Waals surface area (Å²) in [4.78, 5) is 13.3. The topological polar surface area (TPSA) is 37.3 Å². The largest absolute Gasteiger partial charge is 0.481 e. The van der Waals surface area contributed by atoms with Crippen molar-refractivity contribution >= 4 is 5.97 Å². The average molecular weight is 453 g/mol. The van der Waals surface area contributed by atoms with Gasteiger partial charge in [-0.1, -0.05) is 132 Å². The number of hydrogen-bond acceptors (Lipinski definition) is 1. The molecule has 0 bridgehead atoms. The Bertz CT molecular complexity index is 426. The van der Waals surface area contributed by atoms with Gasteiger partial charge in [0.15, 0.2) is 0 Å². The Hall–Kier alpha value is -0.530. The molecule has 0 aliphatic carbocycles. The van der Waals surface area contributed by atoms with E-state index in [4.69, 9.17) is 0 Å². The van der Waals surface area contributed by atoms with Crippen molar-refractivity contribution in [2.45, 2.75) is 158 Å². The van der Waals surface area contributed by atoms with Gasteiger partial charge in [-0.2, -0.15) is 0 Å². The lowest BCUT2D eigenvalue weighted by molar-refractivity contribution is -0.157. The lowest BCUT2D eigenvalue weighted by Gasteiger charge is -2.43. The first kappa shape index (κ1) is 31.5. The number of carbonyl (C=O) groups is 1. The van der Waals surface area contributed by atoms with Crippen LogP contribution in [0.5, 0.6) is 0 Å². The summed E-state index contributed by atoms with van der Waals surface area (Å²) in [6.07, 6.45) is 19.6. The number of hydrogen-bond donors (Lipinski definition) is 1. The van der Waals surface area contributed by atoms with Crippen LogP contribution in [-0.2, 0) is 4.79 Å². The average Bonchev–Trinajstić information content (AvgIpc) is 2.80. The first-order valence-corrected chi connectivity index (χ1v) is 14.6. The number of aliphatic carboxylic acids is 1. The lowest BCUT2D eigenvalue weighted by Crippen LogP contribution is -2.43. The van der Waals surface area contributed by atoms with Crippen LogP contribution in [0.2, 0.25) is 0 Å². The molecule has 0 aromatic carbocycles. The molecular formula is C30H60O2. The minimum atomic E-state index is -0.543. The summed E-state index contributed by atoms with van der Waals surface area (Å²) < 4.78 is 0. The van der Waals surface area contributed by atoms with E-state index in [0.717, 1.165) is 44.9 Å². The molecule has 0 aromatic rings. The van der Waals surface area contributed by atoms with Crippen LogP contribution in [0, 0.1) is 29.1 Å². The fourth-order valence-corrected chi connectivity index (χ4v) is 6.03. The van der Waals surface area contributed by atoms with Crippen molar-refractivity contribution in [1.82, 2.24) is 0 Å². The van der Waals surface area contributed by atoms with E-state index in [1.54, 1.807) is 0 Å². The van der Waals surface area contributed by atoms with Gasteiger partial charge in [-0.05, 0) is 49.4 Å². The van der Waals surface area contributed by atoms with Gasteiger partial charge in [0.25, 0.3) is 0 Å². The van der Waals surface area contributed by atoms with Crippen LogP contribution in [0.15, 0.2) is 0 Å². The highest BCUT2D eigenvalue weighted by Gasteiger charge is 2.47. The second-order valence-corrected chi connectivity index (χ2v) is 10.8. The fraction of sp³-hybridized carbons (Fsp3) is 0.967. The van der Waals surface area contributed by atoms with Crippen molar-refractivity contribution in [3.05, 3.63) is 0 Å². The smallest absolute Gasteiger partial charge is 0.309 e. The normalized spacial score (nSPS) is 17.5. The summed E-state index contributed by atoms with van der Waals surface area (Å²) in [5.41, 5.74) is -0.543. The molecule has 0 radical (unpaired) electrons. The maximum absolute atomic E-state index is 13.3. The number of carboxylic acids is 1. The molecule has 1 N–H and O–H groups in total. The molecular weight excluding hydrogens is 392 g/mol. The van der Waals surface area contributed by atoms with Crippen molar-refractivity contribution in [1.29, 1.82) is 0 Å². The first-order chi connectivity index (χ1) is 15.4. The van der Waals surface area contributed by atoms with Crippen molar-refractivity contribution in [2.24, 2.45) is 29.1 Å². The molecule has 0 aliphatic heterocycles. The predicted octanol–water partition coefficient (Wildman–Crippen LogP) is 10.3. The summed E-state index contributed by atoms with van der Waals surface area (Å²) >= 11 is 0. The molecule has 0 spiro atoms. The molecule has 192 valence electrons. The molecule has 0 heterocycles. The van der Waals surface area contributed by atoms with E-state index < -0.39 is 11.4 Å². The third kappa shape index (κ3) is 11.1. The van der Waals surface area contributed by atoms with E-state index in [0.29, 0.717) is 23.7 Å². The quantitative estimate of drug-likeness (QED) is 0.177. The molecule has 0 saturated carbocycles. The van der Waals surface area contributed by atoms with E-state index in [9.17, 15) is 9.90 Å². The van der Waals surface area contributed by atoms with Crippen LogP contribution in [0.4, 0.5) is 0 Å². The van der Waals surface area contributed by atoms with Gasteiger partial charge in [0, 0.05) is 0 Å². The Kier molecular flexibility index (Phi) is 18.5. The second kappa shape index (κ2) is 18.8. The summed E-state index contributed by atoms with van der Waals surface area (Å²) in [7, 11) is 0. The molecule has 0 amide bonds. The lowest BCUT2D eigenvalue weighted by atomic mass is 9.60. The molecule has 2 heteroatoms. The molecule has 4 atom stereocenters. The zero-order valence-corrected chi connectivity index (χ0v) is 23.2. The molecule has 0 rings (SSSR count). The van der Waals surface area contributed by atoms with Gasteiger partial charge >= 0.3 is 5.97 Å². The van der Waals surface area contributed by atoms with Gasteiger partial charge in [-0.25, -0.2) is 0 Å². The van der Waals surface area contributed by atoms with Crippen LogP contribution in [0.1, 0.15) is 158 Å². The van der Waals surface area contributed by atoms with Crippen LogP contribution in [0.25, 0.3) is 0 Å².